The first-order chi connectivity index (χ1) is 10.6. The highest BCUT2D eigenvalue weighted by Crippen LogP contribution is 2.38. The molecule has 1 unspecified atom stereocenters. The molecule has 0 aliphatic carbocycles. The third-order valence-electron chi connectivity index (χ3n) is 3.47. The van der Waals surface area contributed by atoms with Gasteiger partial charge in [0.1, 0.15) is 11.5 Å². The molecule has 0 aliphatic heterocycles. The summed E-state index contributed by atoms with van der Waals surface area (Å²) in [6.07, 6.45) is 1.37. The molecule has 0 aromatic heterocycles. The van der Waals surface area contributed by atoms with Gasteiger partial charge >= 0.3 is 8.46 Å². The van der Waals surface area contributed by atoms with Gasteiger partial charge in [0.2, 0.25) is 4.07 Å². The van der Waals surface area contributed by atoms with Crippen LogP contribution in [0.3, 0.4) is 0 Å². The van der Waals surface area contributed by atoms with E-state index in [9.17, 15) is 4.57 Å². The number of rotatable bonds is 7. The summed E-state index contributed by atoms with van der Waals surface area (Å²) in [6.45, 7) is 0. The van der Waals surface area contributed by atoms with Gasteiger partial charge in [0.15, 0.2) is 0 Å². The van der Waals surface area contributed by atoms with Crippen LogP contribution in [0.4, 0.5) is 0 Å². The van der Waals surface area contributed by atoms with Gasteiger partial charge in [-0.3, -0.25) is 0 Å². The van der Waals surface area contributed by atoms with Crippen molar-refractivity contribution in [3.8, 4) is 11.5 Å². The molecule has 0 saturated carbocycles. The van der Waals surface area contributed by atoms with Crippen molar-refractivity contribution in [2.75, 3.05) is 14.2 Å². The number of benzene rings is 2. The Morgan fingerprint density at radius 2 is 1.23 bits per heavy atom. The van der Waals surface area contributed by atoms with Crippen LogP contribution in [0.25, 0.3) is 0 Å². The highest BCUT2D eigenvalue weighted by atomic mass is 79.9. The SMILES string of the molecule is COc1ccc(CC(Br)(Cc2ccc(OC)cc2)[PH+]=O)cc1. The van der Waals surface area contributed by atoms with E-state index in [0.29, 0.717) is 12.8 Å². The van der Waals surface area contributed by atoms with Crippen molar-refractivity contribution >= 4 is 24.4 Å². The second kappa shape index (κ2) is 7.75. The fourth-order valence-corrected chi connectivity index (χ4v) is 3.47. The largest absolute Gasteiger partial charge is 0.497 e. The van der Waals surface area contributed by atoms with Gasteiger partial charge in [-0.05, 0) is 51.3 Å². The smallest absolute Gasteiger partial charge is 0.343 e. The zero-order valence-electron chi connectivity index (χ0n) is 12.6. The van der Waals surface area contributed by atoms with E-state index in [-0.39, 0.29) is 0 Å². The lowest BCUT2D eigenvalue weighted by Crippen LogP contribution is -2.19. The first-order valence-electron chi connectivity index (χ1n) is 6.92. The predicted molar refractivity (Wildman–Crippen MR) is 94.1 cm³/mol. The molecule has 2 aromatic rings. The van der Waals surface area contributed by atoms with E-state index in [2.05, 4.69) is 15.9 Å². The van der Waals surface area contributed by atoms with Gasteiger partial charge in [-0.15, -0.1) is 0 Å². The highest BCUT2D eigenvalue weighted by Gasteiger charge is 2.36. The minimum atomic E-state index is -0.462. The molecular formula is C17H19BrO3P+. The topological polar surface area (TPSA) is 35.5 Å². The quantitative estimate of drug-likeness (QED) is 0.519. The van der Waals surface area contributed by atoms with Crippen LogP contribution in [0.2, 0.25) is 0 Å². The molecule has 2 aromatic carbocycles. The maximum Gasteiger partial charge on any atom is 0.343 e. The van der Waals surface area contributed by atoms with Crippen LogP contribution >= 0.6 is 24.4 Å². The Balaban J connectivity index is 2.10. The molecule has 0 fully saturated rings. The van der Waals surface area contributed by atoms with Crippen LogP contribution in [0.5, 0.6) is 11.5 Å². The third kappa shape index (κ3) is 4.56. The van der Waals surface area contributed by atoms with Crippen molar-refractivity contribution in [1.29, 1.82) is 0 Å². The third-order valence-corrected chi connectivity index (χ3v) is 5.24. The molecule has 0 amide bonds. The van der Waals surface area contributed by atoms with Gasteiger partial charge in [-0.25, -0.2) is 0 Å². The van der Waals surface area contributed by atoms with Crippen molar-refractivity contribution in [2.45, 2.75) is 16.9 Å². The van der Waals surface area contributed by atoms with Crippen LogP contribution in [0, 0.1) is 0 Å². The van der Waals surface area contributed by atoms with Crippen LogP contribution in [0.15, 0.2) is 48.5 Å². The summed E-state index contributed by atoms with van der Waals surface area (Å²) in [5.74, 6) is 1.65. The van der Waals surface area contributed by atoms with E-state index >= 15 is 0 Å². The van der Waals surface area contributed by atoms with E-state index in [4.69, 9.17) is 9.47 Å². The molecule has 0 heterocycles. The number of hydrogen-bond donors (Lipinski definition) is 0. The Hall–Kier alpha value is -1.38. The Kier molecular flexibility index (Phi) is 5.98. The summed E-state index contributed by atoms with van der Waals surface area (Å²) in [7, 11) is 2.84. The second-order valence-corrected chi connectivity index (χ2v) is 8.53. The first kappa shape index (κ1) is 17.0. The zero-order valence-corrected chi connectivity index (χ0v) is 15.2. The van der Waals surface area contributed by atoms with E-state index in [0.717, 1.165) is 22.6 Å². The molecule has 0 N–H and O–H groups in total. The van der Waals surface area contributed by atoms with Crippen LogP contribution in [0.1, 0.15) is 11.1 Å². The number of methoxy groups -OCH3 is 2. The normalized spacial score (nSPS) is 11.4. The van der Waals surface area contributed by atoms with Gasteiger partial charge in [-0.1, -0.05) is 28.8 Å². The Morgan fingerprint density at radius 1 is 0.864 bits per heavy atom. The Bertz CT molecular complexity index is 561. The van der Waals surface area contributed by atoms with Gasteiger partial charge in [0.25, 0.3) is 0 Å². The molecule has 0 saturated heterocycles. The maximum absolute atomic E-state index is 11.7. The molecule has 5 heteroatoms. The zero-order chi connectivity index (χ0) is 16.0. The maximum atomic E-state index is 11.7. The van der Waals surface area contributed by atoms with E-state index < -0.39 is 12.5 Å². The summed E-state index contributed by atoms with van der Waals surface area (Å²) >= 11 is 3.67. The minimum absolute atomic E-state index is 0.448. The molecule has 2 rings (SSSR count). The summed E-state index contributed by atoms with van der Waals surface area (Å²) < 4.78 is 21.6. The second-order valence-electron chi connectivity index (χ2n) is 5.12. The molecule has 0 aliphatic rings. The monoisotopic (exact) mass is 381 g/mol. The predicted octanol–water partition coefficient (Wildman–Crippen LogP) is 4.60. The molecule has 22 heavy (non-hydrogen) atoms. The van der Waals surface area contributed by atoms with E-state index in [1.807, 2.05) is 48.5 Å². The average molecular weight is 382 g/mol. The highest BCUT2D eigenvalue weighted by molar-refractivity contribution is 9.11. The Morgan fingerprint density at radius 3 is 1.50 bits per heavy atom. The number of alkyl halides is 1. The molecule has 1 atom stereocenters. The summed E-state index contributed by atoms with van der Waals surface area (Å²) in [4.78, 5) is 0. The Labute approximate surface area is 141 Å². The van der Waals surface area contributed by atoms with Crippen LogP contribution in [-0.4, -0.2) is 18.3 Å². The van der Waals surface area contributed by atoms with Gasteiger partial charge in [0, 0.05) is 12.8 Å². The van der Waals surface area contributed by atoms with Crippen molar-refractivity contribution in [1.82, 2.24) is 0 Å². The van der Waals surface area contributed by atoms with Crippen molar-refractivity contribution in [3.05, 3.63) is 59.7 Å². The van der Waals surface area contributed by atoms with Gasteiger partial charge < -0.3 is 9.47 Å². The van der Waals surface area contributed by atoms with Crippen molar-refractivity contribution in [3.63, 3.8) is 0 Å². The van der Waals surface area contributed by atoms with E-state index in [1.54, 1.807) is 14.2 Å². The van der Waals surface area contributed by atoms with E-state index in [1.165, 1.54) is 0 Å². The fourth-order valence-electron chi connectivity index (χ4n) is 2.27. The summed E-state index contributed by atoms with van der Waals surface area (Å²) in [5.41, 5.74) is 2.24. The van der Waals surface area contributed by atoms with Gasteiger partial charge in [-0.2, -0.15) is 0 Å². The molecule has 3 nitrogen and oxygen atoms in total. The lowest BCUT2D eigenvalue weighted by molar-refractivity contribution is 0.414. The number of halogens is 1. The van der Waals surface area contributed by atoms with Crippen molar-refractivity contribution in [2.24, 2.45) is 0 Å². The number of hydrogen-bond acceptors (Lipinski definition) is 3. The fraction of sp³-hybridized carbons (Fsp3) is 0.294. The van der Waals surface area contributed by atoms with Crippen molar-refractivity contribution < 1.29 is 14.0 Å². The lowest BCUT2D eigenvalue weighted by atomic mass is 10.0. The minimum Gasteiger partial charge on any atom is -0.497 e. The lowest BCUT2D eigenvalue weighted by Gasteiger charge is -2.15. The average Bonchev–Trinajstić information content (AvgIpc) is 2.56. The van der Waals surface area contributed by atoms with Crippen LogP contribution < -0.4 is 9.47 Å². The summed E-state index contributed by atoms with van der Waals surface area (Å²) in [5, 5.41) is 0. The molecular weight excluding hydrogens is 363 g/mol. The summed E-state index contributed by atoms with van der Waals surface area (Å²) in [6, 6.07) is 15.7. The molecule has 0 radical (unpaired) electrons. The first-order valence-corrected chi connectivity index (χ1v) is 8.63. The molecule has 0 spiro atoms. The molecule has 0 bridgehead atoms. The number of ether oxygens (including phenoxy) is 2. The standard InChI is InChI=1S/C17H18BrO3P/c1-20-15-7-3-13(4-8-15)11-17(18,22-19)12-14-5-9-16(21-2)10-6-14/h3-10H,11-12H2,1-2H3/p+1. The van der Waals surface area contributed by atoms with Crippen LogP contribution in [-0.2, 0) is 17.4 Å². The molecule has 116 valence electrons. The van der Waals surface area contributed by atoms with Gasteiger partial charge in [0.05, 0.1) is 14.2 Å².